The SMILES string of the molecule is COc1ccc(C(Cl)(COCc2cccc(Oc3ccccc3)c2)C(F)(F)F)cc1. The third kappa shape index (κ3) is 5.26. The first-order valence-corrected chi connectivity index (χ1v) is 9.49. The Bertz CT molecular complexity index is 946. The minimum absolute atomic E-state index is 0.0489. The zero-order chi connectivity index (χ0) is 21.6. The van der Waals surface area contributed by atoms with Crippen LogP contribution < -0.4 is 9.47 Å². The second-order valence-electron chi connectivity index (χ2n) is 6.58. The first-order chi connectivity index (χ1) is 14.3. The van der Waals surface area contributed by atoms with Crippen LogP contribution in [0.3, 0.4) is 0 Å². The summed E-state index contributed by atoms with van der Waals surface area (Å²) in [6, 6.07) is 21.6. The molecule has 3 aromatic rings. The molecule has 158 valence electrons. The normalized spacial score (nSPS) is 13.5. The molecular formula is C23H20ClF3O3. The predicted octanol–water partition coefficient (Wildman–Crippen LogP) is 6.70. The molecule has 0 N–H and O–H groups in total. The van der Waals surface area contributed by atoms with Gasteiger partial charge in [-0.1, -0.05) is 42.5 Å². The summed E-state index contributed by atoms with van der Waals surface area (Å²) in [7, 11) is 1.44. The molecular weight excluding hydrogens is 417 g/mol. The van der Waals surface area contributed by atoms with Crippen LogP contribution in [0.5, 0.6) is 17.2 Å². The molecule has 0 aliphatic heterocycles. The van der Waals surface area contributed by atoms with Gasteiger partial charge in [-0.3, -0.25) is 0 Å². The Morgan fingerprint density at radius 3 is 2.10 bits per heavy atom. The number of hydrogen-bond acceptors (Lipinski definition) is 3. The molecule has 3 rings (SSSR count). The van der Waals surface area contributed by atoms with Gasteiger partial charge in [-0.25, -0.2) is 0 Å². The van der Waals surface area contributed by atoms with Gasteiger partial charge < -0.3 is 14.2 Å². The lowest BCUT2D eigenvalue weighted by molar-refractivity contribution is -0.179. The van der Waals surface area contributed by atoms with Gasteiger partial charge in [0, 0.05) is 0 Å². The van der Waals surface area contributed by atoms with Gasteiger partial charge in [-0.15, -0.1) is 11.6 Å². The van der Waals surface area contributed by atoms with Crippen molar-refractivity contribution in [3.05, 3.63) is 90.0 Å². The maximum absolute atomic E-state index is 13.7. The number of benzene rings is 3. The van der Waals surface area contributed by atoms with Crippen LogP contribution in [-0.2, 0) is 16.2 Å². The topological polar surface area (TPSA) is 27.7 Å². The molecule has 0 aliphatic rings. The molecule has 7 heteroatoms. The molecule has 0 aromatic heterocycles. The lowest BCUT2D eigenvalue weighted by Crippen LogP contribution is -2.41. The second-order valence-corrected chi connectivity index (χ2v) is 7.23. The van der Waals surface area contributed by atoms with Crippen molar-refractivity contribution in [2.75, 3.05) is 13.7 Å². The number of para-hydroxylation sites is 1. The number of halogens is 4. The molecule has 0 fully saturated rings. The van der Waals surface area contributed by atoms with Gasteiger partial charge in [-0.05, 0) is 47.5 Å². The van der Waals surface area contributed by atoms with E-state index in [-0.39, 0.29) is 12.2 Å². The second kappa shape index (κ2) is 9.41. The fraction of sp³-hybridized carbons (Fsp3) is 0.217. The monoisotopic (exact) mass is 436 g/mol. The van der Waals surface area contributed by atoms with E-state index in [4.69, 9.17) is 25.8 Å². The van der Waals surface area contributed by atoms with Crippen LogP contribution in [0.4, 0.5) is 13.2 Å². The van der Waals surface area contributed by atoms with Gasteiger partial charge >= 0.3 is 6.18 Å². The van der Waals surface area contributed by atoms with Crippen LogP contribution in [0.25, 0.3) is 0 Å². The maximum Gasteiger partial charge on any atom is 0.413 e. The van der Waals surface area contributed by atoms with E-state index in [1.54, 1.807) is 24.3 Å². The molecule has 1 unspecified atom stereocenters. The lowest BCUT2D eigenvalue weighted by Gasteiger charge is -2.30. The summed E-state index contributed by atoms with van der Waals surface area (Å²) in [6.07, 6.45) is -4.71. The van der Waals surface area contributed by atoms with Crippen molar-refractivity contribution in [3.8, 4) is 17.2 Å². The Morgan fingerprint density at radius 1 is 0.800 bits per heavy atom. The van der Waals surface area contributed by atoms with Crippen LogP contribution in [0.1, 0.15) is 11.1 Å². The van der Waals surface area contributed by atoms with Crippen molar-refractivity contribution in [3.63, 3.8) is 0 Å². The summed E-state index contributed by atoms with van der Waals surface area (Å²) >= 11 is 6.03. The van der Waals surface area contributed by atoms with Gasteiger partial charge in [0.15, 0.2) is 4.87 Å². The summed E-state index contributed by atoms with van der Waals surface area (Å²) < 4.78 is 57.3. The van der Waals surface area contributed by atoms with Gasteiger partial charge in [0.25, 0.3) is 0 Å². The lowest BCUT2D eigenvalue weighted by atomic mass is 9.98. The standard InChI is InChI=1S/C23H20ClF3O3/c1-28-19-12-10-18(11-13-19)22(24,23(25,26)27)16-29-15-17-6-5-9-21(14-17)30-20-7-3-2-4-8-20/h2-14H,15-16H2,1H3. The van der Waals surface area contributed by atoms with Crippen molar-refractivity contribution < 1.29 is 27.4 Å². The molecule has 0 spiro atoms. The molecule has 3 aromatic carbocycles. The quantitative estimate of drug-likeness (QED) is 0.368. The van der Waals surface area contributed by atoms with Gasteiger partial charge in [0.2, 0.25) is 0 Å². The van der Waals surface area contributed by atoms with Crippen LogP contribution in [0.15, 0.2) is 78.9 Å². The van der Waals surface area contributed by atoms with Crippen LogP contribution in [0.2, 0.25) is 0 Å². The molecule has 0 aliphatic carbocycles. The number of rotatable bonds is 8. The number of ether oxygens (including phenoxy) is 3. The Kier molecular flexibility index (Phi) is 6.90. The highest BCUT2D eigenvalue weighted by atomic mass is 35.5. The molecule has 30 heavy (non-hydrogen) atoms. The van der Waals surface area contributed by atoms with Crippen molar-refractivity contribution in [2.24, 2.45) is 0 Å². The van der Waals surface area contributed by atoms with E-state index in [1.165, 1.54) is 31.4 Å². The number of methoxy groups -OCH3 is 1. The van der Waals surface area contributed by atoms with E-state index in [9.17, 15) is 13.2 Å². The fourth-order valence-corrected chi connectivity index (χ4v) is 3.02. The number of hydrogen-bond donors (Lipinski definition) is 0. The van der Waals surface area contributed by atoms with E-state index in [0.717, 1.165) is 0 Å². The summed E-state index contributed by atoms with van der Waals surface area (Å²) in [5, 5.41) is 0. The van der Waals surface area contributed by atoms with Crippen LogP contribution in [-0.4, -0.2) is 19.9 Å². The van der Waals surface area contributed by atoms with Crippen LogP contribution in [0, 0.1) is 0 Å². The highest BCUT2D eigenvalue weighted by Gasteiger charge is 2.55. The fourth-order valence-electron chi connectivity index (χ4n) is 2.82. The van der Waals surface area contributed by atoms with E-state index < -0.39 is 17.7 Å². The molecule has 0 amide bonds. The summed E-state index contributed by atoms with van der Waals surface area (Å²) in [6.45, 7) is -0.791. The zero-order valence-electron chi connectivity index (χ0n) is 16.2. The molecule has 0 bridgehead atoms. The van der Waals surface area contributed by atoms with E-state index >= 15 is 0 Å². The summed E-state index contributed by atoms with van der Waals surface area (Å²) in [5.41, 5.74) is 0.554. The Labute approximate surface area is 178 Å². The minimum Gasteiger partial charge on any atom is -0.497 e. The minimum atomic E-state index is -4.71. The third-order valence-corrected chi connectivity index (χ3v) is 4.99. The first kappa shape index (κ1) is 22.0. The average Bonchev–Trinajstić information content (AvgIpc) is 2.74. The van der Waals surface area contributed by atoms with E-state index in [2.05, 4.69) is 0 Å². The molecule has 1 atom stereocenters. The van der Waals surface area contributed by atoms with E-state index in [0.29, 0.717) is 22.8 Å². The van der Waals surface area contributed by atoms with Gasteiger partial charge in [0.1, 0.15) is 17.2 Å². The highest BCUT2D eigenvalue weighted by Crippen LogP contribution is 2.45. The van der Waals surface area contributed by atoms with Gasteiger partial charge in [0.05, 0.1) is 20.3 Å². The molecule has 3 nitrogen and oxygen atoms in total. The predicted molar refractivity (Wildman–Crippen MR) is 109 cm³/mol. The zero-order valence-corrected chi connectivity index (χ0v) is 16.9. The first-order valence-electron chi connectivity index (χ1n) is 9.11. The Balaban J connectivity index is 1.68. The van der Waals surface area contributed by atoms with Crippen molar-refractivity contribution in [1.29, 1.82) is 0 Å². The Hall–Kier alpha value is -2.70. The largest absolute Gasteiger partial charge is 0.497 e. The summed E-state index contributed by atoms with van der Waals surface area (Å²) in [5.74, 6) is 1.66. The summed E-state index contributed by atoms with van der Waals surface area (Å²) in [4.78, 5) is -2.67. The van der Waals surface area contributed by atoms with Crippen molar-refractivity contribution >= 4 is 11.6 Å². The smallest absolute Gasteiger partial charge is 0.413 e. The van der Waals surface area contributed by atoms with Crippen molar-refractivity contribution in [1.82, 2.24) is 0 Å². The molecule has 0 heterocycles. The van der Waals surface area contributed by atoms with Crippen molar-refractivity contribution in [2.45, 2.75) is 17.7 Å². The molecule has 0 radical (unpaired) electrons. The highest BCUT2D eigenvalue weighted by molar-refractivity contribution is 6.24. The van der Waals surface area contributed by atoms with Gasteiger partial charge in [-0.2, -0.15) is 13.2 Å². The number of alkyl halides is 4. The van der Waals surface area contributed by atoms with E-state index in [1.807, 2.05) is 30.3 Å². The third-order valence-electron chi connectivity index (χ3n) is 4.44. The Morgan fingerprint density at radius 2 is 1.47 bits per heavy atom. The average molecular weight is 437 g/mol. The molecule has 0 saturated heterocycles. The maximum atomic E-state index is 13.7. The van der Waals surface area contributed by atoms with Crippen LogP contribution >= 0.6 is 11.6 Å². The molecule has 0 saturated carbocycles.